The number of phenolic OH excluding ortho intramolecular Hbond substituents is 1. The average Bonchev–Trinajstić information content (AvgIpc) is 3.01. The Bertz CT molecular complexity index is 836. The zero-order valence-electron chi connectivity index (χ0n) is 16.1. The summed E-state index contributed by atoms with van der Waals surface area (Å²) in [4.78, 5) is 7.76. The van der Waals surface area contributed by atoms with Crippen LogP contribution < -0.4 is 9.80 Å². The number of hydrogen-bond donors (Lipinski definition) is 1. The third kappa shape index (κ3) is 2.87. The van der Waals surface area contributed by atoms with E-state index in [1.807, 2.05) is 18.2 Å². The van der Waals surface area contributed by atoms with Crippen molar-refractivity contribution in [3.8, 4) is 5.75 Å². The highest BCUT2D eigenvalue weighted by molar-refractivity contribution is 5.80. The van der Waals surface area contributed by atoms with Crippen LogP contribution in [0.25, 0.3) is 0 Å². The molecule has 0 amide bonds. The summed E-state index contributed by atoms with van der Waals surface area (Å²) in [6.07, 6.45) is 3.32. The first-order valence-electron chi connectivity index (χ1n) is 10.3. The van der Waals surface area contributed by atoms with Crippen molar-refractivity contribution in [2.75, 3.05) is 49.6 Å². The summed E-state index contributed by atoms with van der Waals surface area (Å²) in [5, 5.41) is 9.97. The molecule has 4 nitrogen and oxygen atoms in total. The van der Waals surface area contributed by atoms with Crippen molar-refractivity contribution in [3.05, 3.63) is 53.6 Å². The number of hydrogen-bond acceptors (Lipinski definition) is 4. The molecule has 142 valence electrons. The molecule has 4 heteroatoms. The standard InChI is InChI=1S/C23H29N3O/c1-24-14-15-26-20-11-13-25(12-5-7-17-6-2-3-10-22(17)27)16-19(20)18-8-4-9-21(24)23(18)26/h2-4,6,8-10,19-20,27H,5,7,11-16H2,1H3. The monoisotopic (exact) mass is 363 g/mol. The minimum atomic E-state index is 0.437. The molecule has 3 aliphatic heterocycles. The van der Waals surface area contributed by atoms with Crippen molar-refractivity contribution in [1.82, 2.24) is 4.90 Å². The van der Waals surface area contributed by atoms with Crippen molar-refractivity contribution in [3.63, 3.8) is 0 Å². The minimum Gasteiger partial charge on any atom is -0.508 e. The number of nitrogens with zero attached hydrogens (tertiary/aromatic N) is 3. The number of aromatic hydroxyl groups is 1. The SMILES string of the molecule is CN1CCN2c3c(cccc31)C1CN(CCCc3ccccc3O)CCC12. The lowest BCUT2D eigenvalue weighted by Crippen LogP contribution is -2.49. The van der Waals surface area contributed by atoms with Gasteiger partial charge in [-0.2, -0.15) is 0 Å². The van der Waals surface area contributed by atoms with Crippen molar-refractivity contribution in [2.45, 2.75) is 31.2 Å². The lowest BCUT2D eigenvalue weighted by molar-refractivity contribution is 0.191. The zero-order valence-corrected chi connectivity index (χ0v) is 16.1. The number of likely N-dealkylation sites (tertiary alicyclic amines) is 1. The summed E-state index contributed by atoms with van der Waals surface area (Å²) < 4.78 is 0. The van der Waals surface area contributed by atoms with Gasteiger partial charge in [-0.1, -0.05) is 30.3 Å². The molecule has 3 heterocycles. The highest BCUT2D eigenvalue weighted by atomic mass is 16.3. The summed E-state index contributed by atoms with van der Waals surface area (Å²) in [7, 11) is 2.22. The van der Waals surface area contributed by atoms with Gasteiger partial charge < -0.3 is 19.8 Å². The third-order valence-electron chi connectivity index (χ3n) is 6.79. The molecular formula is C23H29N3O. The number of anilines is 2. The van der Waals surface area contributed by atoms with Crippen LogP contribution in [0.2, 0.25) is 0 Å². The van der Waals surface area contributed by atoms with Gasteiger partial charge in [0, 0.05) is 45.2 Å². The quantitative estimate of drug-likeness (QED) is 0.901. The molecule has 0 aliphatic carbocycles. The van der Waals surface area contributed by atoms with E-state index in [0.717, 1.165) is 38.0 Å². The predicted molar refractivity (Wildman–Crippen MR) is 111 cm³/mol. The molecule has 1 N–H and O–H groups in total. The molecule has 0 spiro atoms. The zero-order chi connectivity index (χ0) is 18.4. The Labute approximate surface area is 162 Å². The Hall–Kier alpha value is -2.20. The predicted octanol–water partition coefficient (Wildman–Crippen LogP) is 3.45. The molecule has 1 fully saturated rings. The second-order valence-electron chi connectivity index (χ2n) is 8.33. The molecule has 1 saturated heterocycles. The van der Waals surface area contributed by atoms with E-state index in [-0.39, 0.29) is 0 Å². The van der Waals surface area contributed by atoms with Crippen LogP contribution in [0.1, 0.15) is 29.9 Å². The molecule has 2 unspecified atom stereocenters. The fourth-order valence-corrected chi connectivity index (χ4v) is 5.39. The Morgan fingerprint density at radius 1 is 1.04 bits per heavy atom. The van der Waals surface area contributed by atoms with Gasteiger partial charge in [0.15, 0.2) is 0 Å². The van der Waals surface area contributed by atoms with Gasteiger partial charge in [-0.25, -0.2) is 0 Å². The van der Waals surface area contributed by atoms with Gasteiger partial charge in [0.1, 0.15) is 5.75 Å². The lowest BCUT2D eigenvalue weighted by Gasteiger charge is -2.41. The number of benzene rings is 2. The van der Waals surface area contributed by atoms with Crippen LogP contribution in [-0.4, -0.2) is 55.8 Å². The van der Waals surface area contributed by atoms with E-state index in [1.54, 1.807) is 11.6 Å². The average molecular weight is 364 g/mol. The fraction of sp³-hybridized carbons (Fsp3) is 0.478. The number of para-hydroxylation sites is 2. The summed E-state index contributed by atoms with van der Waals surface area (Å²) in [6, 6.07) is 15.3. The molecule has 2 aromatic carbocycles. The van der Waals surface area contributed by atoms with Gasteiger partial charge >= 0.3 is 0 Å². The maximum Gasteiger partial charge on any atom is 0.118 e. The molecule has 0 saturated carbocycles. The van der Waals surface area contributed by atoms with E-state index in [0.29, 0.717) is 17.7 Å². The first-order valence-corrected chi connectivity index (χ1v) is 10.3. The Balaban J connectivity index is 1.28. The summed E-state index contributed by atoms with van der Waals surface area (Å²) >= 11 is 0. The van der Waals surface area contributed by atoms with Gasteiger partial charge in [-0.3, -0.25) is 0 Å². The number of piperidine rings is 1. The molecule has 0 aromatic heterocycles. The fourth-order valence-electron chi connectivity index (χ4n) is 5.39. The normalized spacial score (nSPS) is 24.0. The van der Waals surface area contributed by atoms with E-state index in [2.05, 4.69) is 39.9 Å². The first kappa shape index (κ1) is 16.9. The van der Waals surface area contributed by atoms with E-state index in [4.69, 9.17) is 0 Å². The minimum absolute atomic E-state index is 0.437. The van der Waals surface area contributed by atoms with Crippen LogP contribution in [0.4, 0.5) is 11.4 Å². The molecule has 5 rings (SSSR count). The lowest BCUT2D eigenvalue weighted by atomic mass is 9.89. The van der Waals surface area contributed by atoms with Crippen molar-refractivity contribution < 1.29 is 5.11 Å². The highest BCUT2D eigenvalue weighted by Crippen LogP contribution is 2.50. The molecule has 0 radical (unpaired) electrons. The molecule has 2 atom stereocenters. The van der Waals surface area contributed by atoms with E-state index < -0.39 is 0 Å². The van der Waals surface area contributed by atoms with Crippen LogP contribution in [-0.2, 0) is 6.42 Å². The van der Waals surface area contributed by atoms with Gasteiger partial charge in [-0.05, 0) is 49.1 Å². The Kier molecular flexibility index (Phi) is 4.24. The molecular weight excluding hydrogens is 334 g/mol. The van der Waals surface area contributed by atoms with E-state index in [1.165, 1.54) is 30.9 Å². The summed E-state index contributed by atoms with van der Waals surface area (Å²) in [5.74, 6) is 1.08. The van der Waals surface area contributed by atoms with Gasteiger partial charge in [0.25, 0.3) is 0 Å². The molecule has 2 aromatic rings. The Morgan fingerprint density at radius 2 is 1.93 bits per heavy atom. The largest absolute Gasteiger partial charge is 0.508 e. The van der Waals surface area contributed by atoms with Gasteiger partial charge in [0.05, 0.1) is 11.4 Å². The summed E-state index contributed by atoms with van der Waals surface area (Å²) in [5.41, 5.74) is 5.56. The number of aryl methyl sites for hydroxylation is 1. The first-order chi connectivity index (χ1) is 13.2. The smallest absolute Gasteiger partial charge is 0.118 e. The van der Waals surface area contributed by atoms with Crippen LogP contribution in [0.3, 0.4) is 0 Å². The number of phenols is 1. The van der Waals surface area contributed by atoms with Crippen molar-refractivity contribution in [1.29, 1.82) is 0 Å². The summed E-state index contributed by atoms with van der Waals surface area (Å²) in [6.45, 7) is 5.77. The number of fused-ring (bicyclic) bond motifs is 3. The molecule has 0 bridgehead atoms. The van der Waals surface area contributed by atoms with Crippen LogP contribution in [0.15, 0.2) is 42.5 Å². The van der Waals surface area contributed by atoms with Gasteiger partial charge in [-0.15, -0.1) is 0 Å². The molecule has 3 aliphatic rings. The highest BCUT2D eigenvalue weighted by Gasteiger charge is 2.44. The van der Waals surface area contributed by atoms with Crippen LogP contribution in [0, 0.1) is 0 Å². The maximum atomic E-state index is 9.97. The second kappa shape index (κ2) is 6.75. The number of likely N-dealkylation sites (N-methyl/N-ethyl adjacent to an activating group) is 1. The van der Waals surface area contributed by atoms with Crippen molar-refractivity contribution in [2.24, 2.45) is 0 Å². The van der Waals surface area contributed by atoms with Crippen molar-refractivity contribution >= 4 is 11.4 Å². The Morgan fingerprint density at radius 3 is 2.81 bits per heavy atom. The second-order valence-corrected chi connectivity index (χ2v) is 8.33. The van der Waals surface area contributed by atoms with E-state index >= 15 is 0 Å². The van der Waals surface area contributed by atoms with Crippen LogP contribution in [0.5, 0.6) is 5.75 Å². The van der Waals surface area contributed by atoms with Gasteiger partial charge in [0.2, 0.25) is 0 Å². The topological polar surface area (TPSA) is 30.0 Å². The molecule has 27 heavy (non-hydrogen) atoms. The third-order valence-corrected chi connectivity index (χ3v) is 6.79. The number of rotatable bonds is 4. The van der Waals surface area contributed by atoms with E-state index in [9.17, 15) is 5.11 Å². The maximum absolute atomic E-state index is 9.97. The van der Waals surface area contributed by atoms with Crippen LogP contribution >= 0.6 is 0 Å².